The summed E-state index contributed by atoms with van der Waals surface area (Å²) in [6, 6.07) is 4.80. The number of nitrogens with zero attached hydrogens (tertiary/aromatic N) is 3. The summed E-state index contributed by atoms with van der Waals surface area (Å²) >= 11 is 1.29. The topological polar surface area (TPSA) is 122 Å². The lowest BCUT2D eigenvalue weighted by atomic mass is 10.2. The van der Waals surface area contributed by atoms with Crippen LogP contribution in [0.2, 0.25) is 0 Å². The van der Waals surface area contributed by atoms with Gasteiger partial charge < -0.3 is 26.0 Å². The highest BCUT2D eigenvalue weighted by Crippen LogP contribution is 2.35. The van der Waals surface area contributed by atoms with Crippen LogP contribution in [0.25, 0.3) is 0 Å². The Morgan fingerprint density at radius 2 is 2.24 bits per heavy atom. The van der Waals surface area contributed by atoms with E-state index in [1.807, 2.05) is 0 Å². The van der Waals surface area contributed by atoms with Crippen molar-refractivity contribution >= 4 is 39.8 Å². The van der Waals surface area contributed by atoms with Crippen molar-refractivity contribution in [2.75, 3.05) is 29.5 Å². The van der Waals surface area contributed by atoms with Crippen molar-refractivity contribution in [1.82, 2.24) is 15.5 Å². The molecule has 3 amide bonds. The zero-order chi connectivity index (χ0) is 18.0. The van der Waals surface area contributed by atoms with E-state index in [4.69, 9.17) is 10.5 Å². The molecule has 9 nitrogen and oxygen atoms in total. The number of likely N-dealkylation sites (N-methyl/N-ethyl adjacent to an activating group) is 1. The first-order chi connectivity index (χ1) is 11.9. The number of nitrogen functional groups attached to an aromatic ring is 1. The second-order valence-corrected chi connectivity index (χ2v) is 6.60. The quantitative estimate of drug-likeness (QED) is 0.752. The lowest BCUT2D eigenvalue weighted by molar-refractivity contribution is -0.125. The van der Waals surface area contributed by atoms with Gasteiger partial charge in [0.2, 0.25) is 5.13 Å². The number of hydrogen-bond donors (Lipinski definition) is 3. The van der Waals surface area contributed by atoms with Crippen LogP contribution in [0.3, 0.4) is 0 Å². The molecule has 25 heavy (non-hydrogen) atoms. The van der Waals surface area contributed by atoms with E-state index < -0.39 is 6.10 Å². The van der Waals surface area contributed by atoms with E-state index in [0.29, 0.717) is 35.2 Å². The number of amides is 3. The number of nitrogens with two attached hydrogens (primary N) is 1. The van der Waals surface area contributed by atoms with E-state index in [-0.39, 0.29) is 11.9 Å². The first-order valence-electron chi connectivity index (χ1n) is 7.65. The molecule has 2 aromatic rings. The van der Waals surface area contributed by atoms with E-state index in [1.54, 1.807) is 37.1 Å². The monoisotopic (exact) mass is 362 g/mol. The van der Waals surface area contributed by atoms with Gasteiger partial charge in [0, 0.05) is 31.8 Å². The highest BCUT2D eigenvalue weighted by Gasteiger charge is 2.28. The molecule has 0 fully saturated rings. The van der Waals surface area contributed by atoms with Crippen molar-refractivity contribution in [3.05, 3.63) is 23.2 Å². The summed E-state index contributed by atoms with van der Waals surface area (Å²) in [7, 11) is 1.69. The van der Waals surface area contributed by atoms with E-state index in [2.05, 4.69) is 20.8 Å². The van der Waals surface area contributed by atoms with Gasteiger partial charge in [-0.3, -0.25) is 4.79 Å². The molecule has 0 bridgehead atoms. The number of carbonyl (C=O) groups is 2. The Bertz CT molecular complexity index is 808. The maximum atomic E-state index is 12.0. The number of hydrogen-bond acceptors (Lipinski definition) is 7. The Kier molecular flexibility index (Phi) is 4.70. The lowest BCUT2D eigenvalue weighted by Crippen LogP contribution is -2.42. The Labute approximate surface area is 148 Å². The average Bonchev–Trinajstić information content (AvgIpc) is 2.98. The molecule has 0 aliphatic carbocycles. The molecular weight excluding hydrogens is 344 g/mol. The number of aromatic nitrogens is 2. The molecule has 1 aliphatic rings. The minimum atomic E-state index is -0.555. The number of ether oxygens (including phenoxy) is 1. The van der Waals surface area contributed by atoms with Crippen molar-refractivity contribution in [3.63, 3.8) is 0 Å². The van der Waals surface area contributed by atoms with Crippen LogP contribution in [0.5, 0.6) is 5.75 Å². The van der Waals surface area contributed by atoms with Gasteiger partial charge in [0.05, 0.1) is 5.69 Å². The van der Waals surface area contributed by atoms with Crippen molar-refractivity contribution in [2.45, 2.75) is 19.4 Å². The van der Waals surface area contributed by atoms with Crippen LogP contribution in [-0.4, -0.2) is 41.8 Å². The van der Waals surface area contributed by atoms with E-state index >= 15 is 0 Å². The second kappa shape index (κ2) is 6.93. The smallest absolute Gasteiger partial charge is 0.319 e. The number of anilines is 3. The minimum Gasteiger partial charge on any atom is -0.479 e. The third-order valence-corrected chi connectivity index (χ3v) is 4.48. The van der Waals surface area contributed by atoms with Gasteiger partial charge in [-0.05, 0) is 19.1 Å². The van der Waals surface area contributed by atoms with Crippen LogP contribution in [-0.2, 0) is 11.2 Å². The van der Waals surface area contributed by atoms with E-state index in [9.17, 15) is 9.59 Å². The van der Waals surface area contributed by atoms with Gasteiger partial charge in [-0.15, -0.1) is 10.2 Å². The molecule has 10 heteroatoms. The van der Waals surface area contributed by atoms with Crippen LogP contribution >= 0.6 is 11.3 Å². The summed E-state index contributed by atoms with van der Waals surface area (Å²) in [6.45, 7) is 2.10. The standard InChI is InChI=1S/C15H18N6O3S/c1-8-13(22)21(2)10-4-3-9(7-11(10)24-8)18-15(23)17-6-5-12-19-20-14(16)25-12/h3-4,7-8H,5-6H2,1-2H3,(H2,16,20)(H2,17,18,23)/t8-/m1/s1. The lowest BCUT2D eigenvalue weighted by Gasteiger charge is -2.30. The Morgan fingerprint density at radius 1 is 1.44 bits per heavy atom. The Hall–Kier alpha value is -2.88. The molecule has 1 aliphatic heterocycles. The van der Waals surface area contributed by atoms with Gasteiger partial charge in [-0.2, -0.15) is 0 Å². The third-order valence-electron chi connectivity index (χ3n) is 3.67. The highest BCUT2D eigenvalue weighted by molar-refractivity contribution is 7.15. The molecule has 0 unspecified atom stereocenters. The van der Waals surface area contributed by atoms with Crippen molar-refractivity contribution in [2.24, 2.45) is 0 Å². The molecule has 2 heterocycles. The third kappa shape index (κ3) is 3.79. The fourth-order valence-corrected chi connectivity index (χ4v) is 3.03. The average molecular weight is 362 g/mol. The molecule has 0 radical (unpaired) electrons. The molecule has 1 aromatic heterocycles. The van der Waals surface area contributed by atoms with E-state index in [1.165, 1.54) is 11.3 Å². The molecule has 1 aromatic carbocycles. The summed E-state index contributed by atoms with van der Waals surface area (Å²) in [5.74, 6) is 0.444. The van der Waals surface area contributed by atoms with Crippen LogP contribution in [0.15, 0.2) is 18.2 Å². The Morgan fingerprint density at radius 3 is 2.96 bits per heavy atom. The molecule has 0 saturated carbocycles. The van der Waals surface area contributed by atoms with Crippen LogP contribution < -0.4 is 26.0 Å². The molecule has 0 spiro atoms. The zero-order valence-electron chi connectivity index (χ0n) is 13.8. The zero-order valence-corrected chi connectivity index (χ0v) is 14.6. The van der Waals surface area contributed by atoms with Gasteiger partial charge in [0.25, 0.3) is 5.91 Å². The molecule has 3 rings (SSSR count). The molecule has 132 valence electrons. The summed E-state index contributed by atoms with van der Waals surface area (Å²) < 4.78 is 5.59. The number of nitrogens with one attached hydrogen (secondary N) is 2. The van der Waals surface area contributed by atoms with Crippen LogP contribution in [0.1, 0.15) is 11.9 Å². The van der Waals surface area contributed by atoms with Crippen LogP contribution in [0, 0.1) is 0 Å². The minimum absolute atomic E-state index is 0.108. The summed E-state index contributed by atoms with van der Waals surface area (Å²) in [5.41, 5.74) is 6.75. The van der Waals surface area contributed by atoms with Crippen LogP contribution in [0.4, 0.5) is 21.3 Å². The molecule has 0 saturated heterocycles. The predicted molar refractivity (Wildman–Crippen MR) is 95.0 cm³/mol. The number of urea groups is 1. The fraction of sp³-hybridized carbons (Fsp3) is 0.333. The van der Waals surface area contributed by atoms with E-state index in [0.717, 1.165) is 5.01 Å². The van der Waals surface area contributed by atoms with Gasteiger partial charge in [-0.25, -0.2) is 4.79 Å². The molecular formula is C15H18N6O3S. The largest absolute Gasteiger partial charge is 0.479 e. The van der Waals surface area contributed by atoms with Gasteiger partial charge in [0.1, 0.15) is 10.8 Å². The maximum Gasteiger partial charge on any atom is 0.319 e. The summed E-state index contributed by atoms with van der Waals surface area (Å²) in [6.07, 6.45) is 0.000857. The number of carbonyl (C=O) groups excluding carboxylic acids is 2. The van der Waals surface area contributed by atoms with Gasteiger partial charge in [0.15, 0.2) is 6.10 Å². The van der Waals surface area contributed by atoms with Gasteiger partial charge in [-0.1, -0.05) is 11.3 Å². The fourth-order valence-electron chi connectivity index (χ4n) is 2.42. The highest BCUT2D eigenvalue weighted by atomic mass is 32.1. The normalized spacial score (nSPS) is 16.2. The van der Waals surface area contributed by atoms with Crippen molar-refractivity contribution < 1.29 is 14.3 Å². The maximum absolute atomic E-state index is 12.0. The summed E-state index contributed by atoms with van der Waals surface area (Å²) in [5, 5.41) is 14.2. The van der Waals surface area contributed by atoms with Crippen molar-refractivity contribution in [3.8, 4) is 5.75 Å². The van der Waals surface area contributed by atoms with Gasteiger partial charge >= 0.3 is 6.03 Å². The number of benzene rings is 1. The second-order valence-electron chi connectivity index (χ2n) is 5.50. The van der Waals surface area contributed by atoms with Crippen molar-refractivity contribution in [1.29, 1.82) is 0 Å². The number of rotatable bonds is 4. The predicted octanol–water partition coefficient (Wildman–Crippen LogP) is 1.23. The Balaban J connectivity index is 1.57. The molecule has 1 atom stereocenters. The molecule has 4 N–H and O–H groups in total. The SMILES string of the molecule is C[C@H]1Oc2cc(NC(=O)NCCc3nnc(N)s3)ccc2N(C)C1=O. The first-order valence-corrected chi connectivity index (χ1v) is 8.46. The summed E-state index contributed by atoms with van der Waals surface area (Å²) in [4.78, 5) is 25.4. The first kappa shape index (κ1) is 17.0. The number of fused-ring (bicyclic) bond motifs is 1.